The Morgan fingerprint density at radius 3 is 2.79 bits per heavy atom. The molecule has 0 saturated carbocycles. The van der Waals surface area contributed by atoms with Gasteiger partial charge >= 0.3 is 5.97 Å². The van der Waals surface area contributed by atoms with Crippen LogP contribution in [0.25, 0.3) is 5.65 Å². The third-order valence-corrected chi connectivity index (χ3v) is 4.78. The number of imidazole rings is 1. The van der Waals surface area contributed by atoms with Crippen LogP contribution < -0.4 is 5.32 Å². The number of unbranched alkanes of at least 4 members (excludes halogenated alkanes) is 1. The van der Waals surface area contributed by atoms with E-state index in [2.05, 4.69) is 26.2 Å². The van der Waals surface area contributed by atoms with Crippen molar-refractivity contribution in [1.82, 2.24) is 9.38 Å². The number of benzene rings is 1. The van der Waals surface area contributed by atoms with Gasteiger partial charge in [-0.2, -0.15) is 0 Å². The van der Waals surface area contributed by atoms with Gasteiger partial charge in [0.2, 0.25) is 0 Å². The van der Waals surface area contributed by atoms with E-state index >= 15 is 0 Å². The van der Waals surface area contributed by atoms with Crippen molar-refractivity contribution in [2.75, 3.05) is 11.9 Å². The van der Waals surface area contributed by atoms with Gasteiger partial charge < -0.3 is 10.1 Å². The van der Waals surface area contributed by atoms with Gasteiger partial charge in [-0.05, 0) is 66.0 Å². The molecule has 0 aliphatic heterocycles. The highest BCUT2D eigenvalue weighted by molar-refractivity contribution is 9.10. The summed E-state index contributed by atoms with van der Waals surface area (Å²) < 4.78 is 7.87. The van der Waals surface area contributed by atoms with Gasteiger partial charge in [-0.3, -0.25) is 9.20 Å². The van der Waals surface area contributed by atoms with Crippen molar-refractivity contribution in [3.63, 3.8) is 0 Å². The molecule has 0 saturated heterocycles. The summed E-state index contributed by atoms with van der Waals surface area (Å²) in [5.41, 5.74) is 3.72. The molecular formula is C21H22BrN3O3. The molecule has 0 radical (unpaired) electrons. The Morgan fingerprint density at radius 1 is 1.25 bits per heavy atom. The number of amides is 1. The minimum Gasteiger partial charge on any atom is -0.462 e. The molecule has 3 aromatic rings. The largest absolute Gasteiger partial charge is 0.462 e. The van der Waals surface area contributed by atoms with E-state index < -0.39 is 5.97 Å². The van der Waals surface area contributed by atoms with E-state index in [0.717, 1.165) is 28.5 Å². The van der Waals surface area contributed by atoms with Crippen molar-refractivity contribution in [3.8, 4) is 0 Å². The van der Waals surface area contributed by atoms with Gasteiger partial charge in [-0.15, -0.1) is 0 Å². The maximum Gasteiger partial charge on any atom is 0.338 e. The number of carbonyl (C=O) groups excluding carboxylic acids is 2. The van der Waals surface area contributed by atoms with E-state index in [1.54, 1.807) is 35.6 Å². The van der Waals surface area contributed by atoms with Gasteiger partial charge in [-0.1, -0.05) is 19.4 Å². The van der Waals surface area contributed by atoms with E-state index in [-0.39, 0.29) is 5.91 Å². The molecule has 0 spiro atoms. The quantitative estimate of drug-likeness (QED) is 0.433. The normalized spacial score (nSPS) is 10.9. The second-order valence-electron chi connectivity index (χ2n) is 6.61. The van der Waals surface area contributed by atoms with E-state index in [0.29, 0.717) is 29.2 Å². The average Bonchev–Trinajstić information content (AvgIpc) is 2.98. The van der Waals surface area contributed by atoms with Crippen molar-refractivity contribution < 1.29 is 14.3 Å². The van der Waals surface area contributed by atoms with E-state index in [1.807, 2.05) is 26.1 Å². The molecule has 0 atom stereocenters. The van der Waals surface area contributed by atoms with E-state index in [1.165, 1.54) is 0 Å². The number of ether oxygens (including phenoxy) is 1. The van der Waals surface area contributed by atoms with Crippen LogP contribution in [0.15, 0.2) is 41.0 Å². The molecule has 0 aliphatic rings. The van der Waals surface area contributed by atoms with Crippen LogP contribution in [0.5, 0.6) is 0 Å². The number of esters is 1. The van der Waals surface area contributed by atoms with Crippen molar-refractivity contribution in [1.29, 1.82) is 0 Å². The van der Waals surface area contributed by atoms with Gasteiger partial charge in [0.15, 0.2) is 0 Å². The monoisotopic (exact) mass is 443 g/mol. The van der Waals surface area contributed by atoms with Crippen LogP contribution in [-0.4, -0.2) is 27.9 Å². The first-order valence-corrected chi connectivity index (χ1v) is 9.93. The smallest absolute Gasteiger partial charge is 0.338 e. The second-order valence-corrected chi connectivity index (χ2v) is 7.52. The van der Waals surface area contributed by atoms with Gasteiger partial charge in [-0.25, -0.2) is 9.78 Å². The number of nitrogens with one attached hydrogen (secondary N) is 1. The third-order valence-electron chi connectivity index (χ3n) is 4.35. The van der Waals surface area contributed by atoms with Crippen molar-refractivity contribution in [3.05, 3.63) is 63.5 Å². The third kappa shape index (κ3) is 4.25. The summed E-state index contributed by atoms with van der Waals surface area (Å²) in [7, 11) is 0. The van der Waals surface area contributed by atoms with Crippen LogP contribution in [0.4, 0.5) is 5.69 Å². The zero-order valence-electron chi connectivity index (χ0n) is 16.1. The first-order valence-electron chi connectivity index (χ1n) is 9.14. The summed E-state index contributed by atoms with van der Waals surface area (Å²) in [5.74, 6) is -0.686. The summed E-state index contributed by atoms with van der Waals surface area (Å²) in [6, 6.07) is 8.70. The lowest BCUT2D eigenvalue weighted by molar-refractivity contribution is 0.0499. The standard InChI is InChI=1S/C21H22BrN3O3/c1-4-5-9-28-21(27)15-7-6-8-17(11-15)24-20(26)18-14(3)23-19-13(2)10-16(22)12-25(18)19/h6-8,10-12H,4-5,9H2,1-3H3,(H,24,26). The molecule has 6 nitrogen and oxygen atoms in total. The van der Waals surface area contributed by atoms with Crippen LogP contribution >= 0.6 is 15.9 Å². The lowest BCUT2D eigenvalue weighted by atomic mass is 10.2. The van der Waals surface area contributed by atoms with Crippen molar-refractivity contribution in [2.45, 2.75) is 33.6 Å². The van der Waals surface area contributed by atoms with Crippen molar-refractivity contribution >= 4 is 39.1 Å². The van der Waals surface area contributed by atoms with Crippen LogP contribution in [0.2, 0.25) is 0 Å². The maximum absolute atomic E-state index is 12.9. The molecule has 146 valence electrons. The number of aromatic nitrogens is 2. The van der Waals surface area contributed by atoms with Gasteiger partial charge in [0, 0.05) is 16.4 Å². The molecule has 2 aromatic heterocycles. The molecule has 3 rings (SSSR count). The van der Waals surface area contributed by atoms with Crippen LogP contribution in [-0.2, 0) is 4.74 Å². The predicted molar refractivity (Wildman–Crippen MR) is 112 cm³/mol. The number of pyridine rings is 1. The SMILES string of the molecule is CCCCOC(=O)c1cccc(NC(=O)c2c(C)nc3c(C)cc(Br)cn23)c1. The van der Waals surface area contributed by atoms with Crippen LogP contribution in [0.1, 0.15) is 51.9 Å². The highest BCUT2D eigenvalue weighted by Crippen LogP contribution is 2.22. The van der Waals surface area contributed by atoms with Crippen molar-refractivity contribution in [2.24, 2.45) is 0 Å². The Bertz CT molecular complexity index is 1040. The number of hydrogen-bond acceptors (Lipinski definition) is 4. The highest BCUT2D eigenvalue weighted by Gasteiger charge is 2.19. The summed E-state index contributed by atoms with van der Waals surface area (Å²) in [4.78, 5) is 29.6. The Hall–Kier alpha value is -2.67. The average molecular weight is 444 g/mol. The Balaban J connectivity index is 1.84. The van der Waals surface area contributed by atoms with Gasteiger partial charge in [0.25, 0.3) is 5.91 Å². The number of nitrogens with zero attached hydrogens (tertiary/aromatic N) is 2. The number of rotatable bonds is 6. The fraction of sp³-hybridized carbons (Fsp3) is 0.286. The summed E-state index contributed by atoms with van der Waals surface area (Å²) in [6.07, 6.45) is 3.60. The molecule has 7 heteroatoms. The molecule has 0 unspecified atom stereocenters. The molecule has 2 heterocycles. The molecule has 1 amide bonds. The molecule has 0 bridgehead atoms. The van der Waals surface area contributed by atoms with Crippen LogP contribution in [0.3, 0.4) is 0 Å². The van der Waals surface area contributed by atoms with Crippen LogP contribution in [0, 0.1) is 13.8 Å². The Morgan fingerprint density at radius 2 is 2.04 bits per heavy atom. The zero-order chi connectivity index (χ0) is 20.3. The number of halogens is 1. The molecule has 1 N–H and O–H groups in total. The summed E-state index contributed by atoms with van der Waals surface area (Å²) >= 11 is 3.46. The first kappa shape index (κ1) is 20.1. The number of hydrogen-bond donors (Lipinski definition) is 1. The summed E-state index contributed by atoms with van der Waals surface area (Å²) in [5, 5.41) is 2.86. The maximum atomic E-state index is 12.9. The predicted octanol–water partition coefficient (Wildman–Crippen LogP) is 4.92. The minimum absolute atomic E-state index is 0.293. The number of fused-ring (bicyclic) bond motifs is 1. The lowest BCUT2D eigenvalue weighted by Crippen LogP contribution is -2.16. The minimum atomic E-state index is -0.393. The van der Waals surface area contributed by atoms with Gasteiger partial charge in [0.1, 0.15) is 11.3 Å². The highest BCUT2D eigenvalue weighted by atomic mass is 79.9. The molecular weight excluding hydrogens is 422 g/mol. The number of aryl methyl sites for hydroxylation is 2. The fourth-order valence-electron chi connectivity index (χ4n) is 2.96. The molecule has 0 aliphatic carbocycles. The number of carbonyl (C=O) groups is 2. The Labute approximate surface area is 172 Å². The topological polar surface area (TPSA) is 72.7 Å². The van der Waals surface area contributed by atoms with E-state index in [9.17, 15) is 9.59 Å². The Kier molecular flexibility index (Phi) is 6.14. The first-order chi connectivity index (χ1) is 13.4. The lowest BCUT2D eigenvalue weighted by Gasteiger charge is -2.09. The molecule has 1 aromatic carbocycles. The molecule has 28 heavy (non-hydrogen) atoms. The second kappa shape index (κ2) is 8.56. The number of anilines is 1. The van der Waals surface area contributed by atoms with Gasteiger partial charge in [0.05, 0.1) is 17.9 Å². The molecule has 0 fully saturated rings. The fourth-order valence-corrected chi connectivity index (χ4v) is 3.51. The summed E-state index contributed by atoms with van der Waals surface area (Å²) in [6.45, 7) is 6.17. The zero-order valence-corrected chi connectivity index (χ0v) is 17.7. The van der Waals surface area contributed by atoms with E-state index in [4.69, 9.17) is 4.74 Å².